The van der Waals surface area contributed by atoms with Crippen LogP contribution in [-0.2, 0) is 0 Å². The highest BCUT2D eigenvalue weighted by Gasteiger charge is 0.707. The maximum atomic E-state index is 7.00. The molecule has 0 aliphatic heterocycles. The fourth-order valence-electron chi connectivity index (χ4n) is 0. The predicted molar refractivity (Wildman–Crippen MR) is 49.2 cm³/mol. The first-order chi connectivity index (χ1) is 1.00. The van der Waals surface area contributed by atoms with Gasteiger partial charge in [0.25, 0.3) is 0 Å². The molecule has 0 aromatic carbocycles. The lowest BCUT2D eigenvalue weighted by Crippen LogP contribution is -0.674. The summed E-state index contributed by atoms with van der Waals surface area (Å²) in [5.74, 6) is 0. The third-order valence-corrected chi connectivity index (χ3v) is 0. The van der Waals surface area contributed by atoms with Crippen molar-refractivity contribution in [3.8, 4) is 0 Å². The zero-order valence-corrected chi connectivity index (χ0v) is 0.816. The van der Waals surface area contributed by atoms with E-state index in [-0.39, 0.29) is 46.0 Å². The van der Waals surface area contributed by atoms with Crippen molar-refractivity contribution in [1.82, 2.24) is 0 Å². The van der Waals surface area contributed by atoms with Gasteiger partial charge in [-0.2, -0.15) is 0 Å². The first kappa shape index (κ1) is 920. The molecular formula is C6H26O2. The molecule has 0 N–H and O–H groups in total. The SMILES string of the molecule is C.C.C.C.C.C.O=O.[HH]. The lowest BCUT2D eigenvalue weighted by Gasteiger charge is -0.707. The third-order valence-electron chi connectivity index (χ3n) is 0. The highest BCUT2D eigenvalue weighted by atomic mass is 16.7. The Morgan fingerprint density at radius 1 is 0.500 bits per heavy atom. The lowest BCUT2D eigenvalue weighted by atomic mass is 12.0. The smallest absolute Gasteiger partial charge is 0 e. The molecule has 0 spiro atoms. The summed E-state index contributed by atoms with van der Waals surface area (Å²) in [5.41, 5.74) is 0. The van der Waals surface area contributed by atoms with Crippen LogP contribution in [0.5, 0.6) is 0 Å². The van der Waals surface area contributed by atoms with Crippen LogP contribution in [0.4, 0.5) is 0 Å². The molecule has 0 bridgehead atoms. The summed E-state index contributed by atoms with van der Waals surface area (Å²) in [6, 6.07) is 0. The van der Waals surface area contributed by atoms with Crippen molar-refractivity contribution < 1.29 is 1.43 Å². The third kappa shape index (κ3) is 741. The van der Waals surface area contributed by atoms with Gasteiger partial charge < -0.3 is 0 Å². The van der Waals surface area contributed by atoms with Crippen LogP contribution in [0, 0.1) is 9.93 Å². The van der Waals surface area contributed by atoms with Gasteiger partial charge in [-0.3, -0.25) is 0 Å². The summed E-state index contributed by atoms with van der Waals surface area (Å²) in [7, 11) is 0. The Morgan fingerprint density at radius 2 is 0.500 bits per heavy atom. The fourth-order valence-corrected chi connectivity index (χ4v) is 0. The van der Waals surface area contributed by atoms with Crippen LogP contribution in [-0.4, -0.2) is 0 Å². The highest BCUT2D eigenvalue weighted by molar-refractivity contribution is 4.07. The molecule has 0 rings (SSSR count). The van der Waals surface area contributed by atoms with Gasteiger partial charge in [-0.25, -0.2) is 0 Å². The van der Waals surface area contributed by atoms with Gasteiger partial charge in [0.1, 0.15) is 0 Å². The molecule has 0 aromatic heterocycles. The minimum atomic E-state index is 0. The van der Waals surface area contributed by atoms with Gasteiger partial charge in [-0.15, -0.1) is 0 Å². The number of rotatable bonds is 0. The van der Waals surface area contributed by atoms with E-state index < -0.39 is 0 Å². The molecule has 0 aliphatic rings. The van der Waals surface area contributed by atoms with Crippen molar-refractivity contribution in [3.05, 3.63) is 9.93 Å². The Labute approximate surface area is 57.0 Å². The van der Waals surface area contributed by atoms with Crippen molar-refractivity contribution in [3.63, 3.8) is 0 Å². The van der Waals surface area contributed by atoms with Crippen LogP contribution >= 0.6 is 0 Å². The number of hydrogen-bond acceptors (Lipinski definition) is 2. The van der Waals surface area contributed by atoms with Crippen LogP contribution in [0.25, 0.3) is 0 Å². The van der Waals surface area contributed by atoms with Gasteiger partial charge in [0, 0.05) is 11.4 Å². The Balaban J connectivity index is -0.000000000238. The predicted octanol–water partition coefficient (Wildman–Crippen LogP) is 4.13. The van der Waals surface area contributed by atoms with Gasteiger partial charge >= 0.3 is 0 Å². The van der Waals surface area contributed by atoms with E-state index >= 15 is 0 Å². The molecule has 0 fully saturated rings. The molecule has 0 saturated carbocycles. The minimum absolute atomic E-state index is 0. The van der Waals surface area contributed by atoms with E-state index in [0.29, 0.717) is 0 Å². The second kappa shape index (κ2) is 1290. The first-order valence-corrected chi connectivity index (χ1v) is 0.167. The van der Waals surface area contributed by atoms with E-state index in [1.807, 2.05) is 0 Å². The monoisotopic (exact) mass is 130 g/mol. The molecule has 2 nitrogen and oxygen atoms in total. The van der Waals surface area contributed by atoms with Crippen LogP contribution in [0.1, 0.15) is 46.0 Å². The van der Waals surface area contributed by atoms with Crippen molar-refractivity contribution in [1.29, 1.82) is 0 Å². The maximum absolute atomic E-state index is 7.00. The largest absolute Gasteiger partial charge is 0.0776 e. The second-order valence-electron chi connectivity index (χ2n) is 0. The Bertz CT molecular complexity index is 11.0. The van der Waals surface area contributed by atoms with E-state index in [2.05, 4.69) is 0 Å². The molecule has 0 unspecified atom stereocenters. The van der Waals surface area contributed by atoms with Crippen molar-refractivity contribution in [2.45, 2.75) is 44.6 Å². The second-order valence-corrected chi connectivity index (χ2v) is 0. The summed E-state index contributed by atoms with van der Waals surface area (Å²) < 4.78 is 0. The van der Waals surface area contributed by atoms with Gasteiger partial charge in [0.05, 0.1) is 0 Å². The molecule has 0 aromatic rings. The summed E-state index contributed by atoms with van der Waals surface area (Å²) >= 11 is 0. The van der Waals surface area contributed by atoms with E-state index in [1.165, 1.54) is 0 Å². The Hall–Kier alpha value is -0.400. The average molecular weight is 130 g/mol. The molecule has 0 saturated heterocycles. The molecule has 0 atom stereocenters. The quantitative estimate of drug-likeness (QED) is 0.494. The van der Waals surface area contributed by atoms with Gasteiger partial charge in [-0.05, 0) is 0 Å². The highest BCUT2D eigenvalue weighted by Crippen LogP contribution is 0.741. The standard InChI is InChI=1S/6CH4.O2.H2/c;;;;;;1-2;/h6*1H4;;1H. The molecule has 8 heavy (non-hydrogen) atoms. The molecule has 62 valence electrons. The molecular weight excluding hydrogens is 104 g/mol. The topological polar surface area (TPSA) is 34.1 Å². The average Bonchev–Trinajstić information content (AvgIpc) is 1.00. The van der Waals surface area contributed by atoms with Crippen LogP contribution in [0.15, 0.2) is 0 Å². The van der Waals surface area contributed by atoms with Crippen LogP contribution in [0.3, 0.4) is 0 Å². The van der Waals surface area contributed by atoms with Crippen LogP contribution in [0.2, 0.25) is 0 Å². The van der Waals surface area contributed by atoms with E-state index in [1.54, 1.807) is 0 Å². The van der Waals surface area contributed by atoms with Gasteiger partial charge in [0.2, 0.25) is 0 Å². The minimum Gasteiger partial charge on any atom is -0.0776 e. The zero-order valence-electron chi connectivity index (χ0n) is 0.816. The van der Waals surface area contributed by atoms with Crippen molar-refractivity contribution >= 4 is 0 Å². The Kier molecular flexibility index (Phi) is 149000. The summed E-state index contributed by atoms with van der Waals surface area (Å²) in [6.07, 6.45) is 0. The Morgan fingerprint density at radius 3 is 0.500 bits per heavy atom. The molecule has 2 heteroatoms. The summed E-state index contributed by atoms with van der Waals surface area (Å²) in [4.78, 5) is 14.0. The van der Waals surface area contributed by atoms with Crippen LogP contribution < -0.4 is 0 Å². The first-order valence-electron chi connectivity index (χ1n) is 0.167. The molecule has 0 aliphatic carbocycles. The summed E-state index contributed by atoms with van der Waals surface area (Å²) in [5, 5.41) is 0. The van der Waals surface area contributed by atoms with Gasteiger partial charge in [-0.1, -0.05) is 44.6 Å². The van der Waals surface area contributed by atoms with Crippen molar-refractivity contribution in [2.75, 3.05) is 0 Å². The van der Waals surface area contributed by atoms with E-state index in [9.17, 15) is 0 Å². The van der Waals surface area contributed by atoms with E-state index in [4.69, 9.17) is 9.93 Å². The van der Waals surface area contributed by atoms with Crippen molar-refractivity contribution in [2.24, 2.45) is 0 Å². The van der Waals surface area contributed by atoms with E-state index in [0.717, 1.165) is 0 Å². The summed E-state index contributed by atoms with van der Waals surface area (Å²) in [6.45, 7) is 0. The molecule has 0 radical (unpaired) electrons. The van der Waals surface area contributed by atoms with Gasteiger partial charge in [0.15, 0.2) is 0 Å². The lowest BCUT2D eigenvalue weighted by molar-refractivity contribution is 2.50. The molecule has 0 amide bonds. The number of hydrogen-bond donors (Lipinski definition) is 0. The zero-order chi connectivity index (χ0) is 2.00. The normalized spacial score (nSPS) is 0.500. The molecule has 0 heterocycles. The fraction of sp³-hybridized carbons (Fsp3) is 1.00. The maximum Gasteiger partial charge on any atom is 0 e.